The van der Waals surface area contributed by atoms with Gasteiger partial charge in [0.2, 0.25) is 0 Å². The van der Waals surface area contributed by atoms with Crippen LogP contribution in [-0.4, -0.2) is 19.9 Å². The first-order valence-corrected chi connectivity index (χ1v) is 18.2. The summed E-state index contributed by atoms with van der Waals surface area (Å²) in [5.41, 5.74) is 10.5. The van der Waals surface area contributed by atoms with Gasteiger partial charge in [0, 0.05) is 39.4 Å². The smallest absolute Gasteiger partial charge is 0.164 e. The Balaban J connectivity index is 1.17. The number of benzene rings is 6. The molecule has 10 aromatic rings. The Hall–Kier alpha value is -7.44. The molecule has 0 radical (unpaired) electrons. The van der Waals surface area contributed by atoms with Crippen LogP contribution in [-0.2, 0) is 0 Å². The molecule has 0 atom stereocenters. The lowest BCUT2D eigenvalue weighted by atomic mass is 10.0. The molecule has 0 aliphatic carbocycles. The fraction of sp³-hybridized carbons (Fsp3) is 0.0204. The average Bonchev–Trinajstić information content (AvgIpc) is 3.81. The van der Waals surface area contributed by atoms with Gasteiger partial charge >= 0.3 is 0 Å². The summed E-state index contributed by atoms with van der Waals surface area (Å²) >= 11 is 0. The van der Waals surface area contributed by atoms with Crippen LogP contribution in [0.15, 0.2) is 167 Å². The van der Waals surface area contributed by atoms with Crippen molar-refractivity contribution in [3.8, 4) is 56.4 Å². The fourth-order valence-corrected chi connectivity index (χ4v) is 7.45. The largest absolute Gasteiger partial charge is 0.456 e. The molecule has 6 heteroatoms. The monoisotopic (exact) mass is 708 g/mol. The number of hydrogen-bond donors (Lipinski definition) is 0. The van der Waals surface area contributed by atoms with Gasteiger partial charge in [0.05, 0.1) is 5.39 Å². The van der Waals surface area contributed by atoms with Crippen molar-refractivity contribution in [2.75, 3.05) is 0 Å². The van der Waals surface area contributed by atoms with Crippen LogP contribution in [0.4, 0.5) is 0 Å². The lowest BCUT2D eigenvalue weighted by Crippen LogP contribution is -2.01. The number of rotatable bonds is 7. The molecule has 0 aliphatic rings. The van der Waals surface area contributed by atoms with E-state index in [0.29, 0.717) is 28.6 Å². The van der Waals surface area contributed by atoms with Gasteiger partial charge in [-0.05, 0) is 64.7 Å². The minimum atomic E-state index is 0.509. The molecule has 10 rings (SSSR count). The Kier molecular flexibility index (Phi) is 7.74. The summed E-state index contributed by atoms with van der Waals surface area (Å²) in [4.78, 5) is 20.5. The van der Waals surface area contributed by atoms with Gasteiger partial charge in [0.1, 0.15) is 22.4 Å². The van der Waals surface area contributed by atoms with Crippen LogP contribution in [0.3, 0.4) is 0 Å². The van der Waals surface area contributed by atoms with Crippen LogP contribution in [0.1, 0.15) is 18.2 Å². The van der Waals surface area contributed by atoms with Crippen molar-refractivity contribution < 1.29 is 8.83 Å². The quantitative estimate of drug-likeness (QED) is 0.164. The molecule has 0 unspecified atom stereocenters. The number of allylic oxidation sites excluding steroid dienone is 1. The predicted molar refractivity (Wildman–Crippen MR) is 224 cm³/mol. The molecule has 0 bridgehead atoms. The molecule has 260 valence electrons. The molecule has 6 nitrogen and oxygen atoms in total. The third-order valence-corrected chi connectivity index (χ3v) is 10.1. The van der Waals surface area contributed by atoms with Gasteiger partial charge < -0.3 is 8.83 Å². The van der Waals surface area contributed by atoms with Crippen LogP contribution in [0, 0.1) is 0 Å². The fourth-order valence-electron chi connectivity index (χ4n) is 7.45. The van der Waals surface area contributed by atoms with E-state index in [1.54, 1.807) is 0 Å². The van der Waals surface area contributed by atoms with Crippen LogP contribution >= 0.6 is 0 Å². The normalized spacial score (nSPS) is 11.7. The highest BCUT2D eigenvalue weighted by molar-refractivity contribution is 6.10. The summed E-state index contributed by atoms with van der Waals surface area (Å²) in [5, 5.41) is 4.10. The molecule has 6 aromatic carbocycles. The average molecular weight is 709 g/mol. The third-order valence-electron chi connectivity index (χ3n) is 10.1. The second-order valence-electron chi connectivity index (χ2n) is 13.4. The van der Waals surface area contributed by atoms with E-state index in [1.807, 2.05) is 85.9 Å². The van der Waals surface area contributed by atoms with E-state index in [1.165, 1.54) is 10.8 Å². The first-order chi connectivity index (χ1) is 27.1. The lowest BCUT2D eigenvalue weighted by Gasteiger charge is -2.10. The van der Waals surface area contributed by atoms with Crippen molar-refractivity contribution in [3.05, 3.63) is 170 Å². The van der Waals surface area contributed by atoms with E-state index in [9.17, 15) is 0 Å². The van der Waals surface area contributed by atoms with Gasteiger partial charge in [-0.1, -0.05) is 134 Å². The predicted octanol–water partition coefficient (Wildman–Crippen LogP) is 13.1. The summed E-state index contributed by atoms with van der Waals surface area (Å²) in [6, 6.07) is 47.4. The topological polar surface area (TPSA) is 77.8 Å². The maximum Gasteiger partial charge on any atom is 0.164 e. The van der Waals surface area contributed by atoms with Crippen molar-refractivity contribution in [3.63, 3.8) is 0 Å². The Morgan fingerprint density at radius 3 is 1.89 bits per heavy atom. The summed E-state index contributed by atoms with van der Waals surface area (Å²) in [6.45, 7) is 6.09. The molecule has 0 saturated carbocycles. The van der Waals surface area contributed by atoms with Gasteiger partial charge in [-0.15, -0.1) is 0 Å². The number of fused-ring (bicyclic) bond motifs is 5. The molecule has 4 heterocycles. The Morgan fingerprint density at radius 1 is 0.509 bits per heavy atom. The summed E-state index contributed by atoms with van der Waals surface area (Å²) < 4.78 is 12.8. The first kappa shape index (κ1) is 32.2. The molecule has 55 heavy (non-hydrogen) atoms. The molecule has 0 spiro atoms. The molecule has 0 saturated heterocycles. The summed E-state index contributed by atoms with van der Waals surface area (Å²) in [7, 11) is 0. The second-order valence-corrected chi connectivity index (χ2v) is 13.4. The van der Waals surface area contributed by atoms with Gasteiger partial charge in [0.15, 0.2) is 23.1 Å². The van der Waals surface area contributed by atoms with Crippen LogP contribution in [0.5, 0.6) is 0 Å². The number of aromatic nitrogens is 4. The Labute approximate surface area is 316 Å². The summed E-state index contributed by atoms with van der Waals surface area (Å²) in [6.07, 6.45) is 7.64. The molecule has 0 fully saturated rings. The van der Waals surface area contributed by atoms with Gasteiger partial charge in [-0.25, -0.2) is 15.0 Å². The second kappa shape index (κ2) is 13.2. The lowest BCUT2D eigenvalue weighted by molar-refractivity contribution is 0.603. The SMILES string of the molecule is C=Cc1c(/C=C\C)oc2cccc(-c3nc(-c4ccc(-c5ccccc5)cc4)nc(-c4cccc5oc6cc(-c7ccc8ccccc8c7)cnc6c45)n3)c12. The Bertz CT molecular complexity index is 3120. The van der Waals surface area contributed by atoms with E-state index >= 15 is 0 Å². The van der Waals surface area contributed by atoms with E-state index < -0.39 is 0 Å². The van der Waals surface area contributed by atoms with Crippen LogP contribution in [0.2, 0.25) is 0 Å². The standard InChI is InChI=1S/C49H32N4O2/c1-3-12-40-37(4-2)44-38(17-10-19-41(44)54-40)48-51-47(33-24-21-32(22-25-33)30-13-6-5-7-14-30)52-49(53-48)39-18-11-20-42-45(39)46-43(55-42)28-36(29-50-46)35-26-23-31-15-8-9-16-34(31)27-35/h3-29H,2H2,1H3/b12-3-. The first-order valence-electron chi connectivity index (χ1n) is 18.2. The number of pyridine rings is 1. The van der Waals surface area contributed by atoms with Crippen LogP contribution in [0.25, 0.3) is 112 Å². The zero-order valence-electron chi connectivity index (χ0n) is 29.9. The van der Waals surface area contributed by atoms with Gasteiger partial charge in [0.25, 0.3) is 0 Å². The highest BCUT2D eigenvalue weighted by atomic mass is 16.3. The summed E-state index contributed by atoms with van der Waals surface area (Å²) in [5.74, 6) is 2.31. The molecular formula is C49H32N4O2. The minimum Gasteiger partial charge on any atom is -0.456 e. The van der Waals surface area contributed by atoms with Crippen molar-refractivity contribution in [2.24, 2.45) is 0 Å². The highest BCUT2D eigenvalue weighted by Crippen LogP contribution is 2.39. The zero-order chi connectivity index (χ0) is 36.9. The van der Waals surface area contributed by atoms with E-state index in [2.05, 4.69) is 91.5 Å². The minimum absolute atomic E-state index is 0.509. The molecule has 4 aromatic heterocycles. The van der Waals surface area contributed by atoms with E-state index in [4.69, 9.17) is 28.8 Å². The maximum atomic E-state index is 6.50. The van der Waals surface area contributed by atoms with Crippen LogP contribution < -0.4 is 0 Å². The highest BCUT2D eigenvalue weighted by Gasteiger charge is 2.22. The van der Waals surface area contributed by atoms with Crippen molar-refractivity contribution in [1.29, 1.82) is 0 Å². The number of furan rings is 2. The van der Waals surface area contributed by atoms with E-state index in [-0.39, 0.29) is 0 Å². The molecule has 0 aliphatic heterocycles. The zero-order valence-corrected chi connectivity index (χ0v) is 29.9. The molecular weight excluding hydrogens is 677 g/mol. The van der Waals surface area contributed by atoms with Crippen molar-refractivity contribution in [1.82, 2.24) is 19.9 Å². The Morgan fingerprint density at radius 2 is 1.15 bits per heavy atom. The van der Waals surface area contributed by atoms with Gasteiger partial charge in [-0.2, -0.15) is 0 Å². The van der Waals surface area contributed by atoms with Gasteiger partial charge in [-0.3, -0.25) is 4.98 Å². The molecule has 0 N–H and O–H groups in total. The number of nitrogens with zero attached hydrogens (tertiary/aromatic N) is 4. The van der Waals surface area contributed by atoms with E-state index in [0.717, 1.165) is 72.1 Å². The molecule has 0 amide bonds. The van der Waals surface area contributed by atoms with Crippen molar-refractivity contribution >= 4 is 56.0 Å². The maximum absolute atomic E-state index is 6.50. The number of hydrogen-bond acceptors (Lipinski definition) is 6. The van der Waals surface area contributed by atoms with Crippen molar-refractivity contribution in [2.45, 2.75) is 6.92 Å². The third kappa shape index (κ3) is 5.59.